The molecule has 0 radical (unpaired) electrons. The Labute approximate surface area is 210 Å². The minimum atomic E-state index is -1.10. The Kier molecular flexibility index (Phi) is 6.39. The van der Waals surface area contributed by atoms with Crippen LogP contribution in [0.4, 0.5) is 5.82 Å². The summed E-state index contributed by atoms with van der Waals surface area (Å²) in [5, 5.41) is 15.7. The van der Waals surface area contributed by atoms with E-state index in [0.717, 1.165) is 53.5 Å². The van der Waals surface area contributed by atoms with Gasteiger partial charge in [0, 0.05) is 34.8 Å². The van der Waals surface area contributed by atoms with Gasteiger partial charge in [-0.15, -0.1) is 5.10 Å². The summed E-state index contributed by atoms with van der Waals surface area (Å²) in [5.41, 5.74) is 3.86. The van der Waals surface area contributed by atoms with Crippen molar-refractivity contribution >= 4 is 28.6 Å². The third-order valence-electron chi connectivity index (χ3n) is 7.25. The fourth-order valence-electron chi connectivity index (χ4n) is 5.16. The first kappa shape index (κ1) is 23.9. The van der Waals surface area contributed by atoms with Gasteiger partial charge < -0.3 is 10.1 Å². The highest BCUT2D eigenvalue weighted by Gasteiger charge is 2.34. The second-order valence-electron chi connectivity index (χ2n) is 10.2. The number of nitrogens with zero attached hydrogens (tertiary/aromatic N) is 3. The van der Waals surface area contributed by atoms with Crippen molar-refractivity contribution in [1.82, 2.24) is 14.8 Å². The van der Waals surface area contributed by atoms with Crippen LogP contribution in [0.5, 0.6) is 0 Å². The summed E-state index contributed by atoms with van der Waals surface area (Å²) in [6, 6.07) is 17.8. The van der Waals surface area contributed by atoms with Crippen LogP contribution >= 0.6 is 0 Å². The van der Waals surface area contributed by atoms with Crippen LogP contribution in [0.2, 0.25) is 0 Å². The molecule has 7 heteroatoms. The second-order valence-corrected chi connectivity index (χ2v) is 10.2. The molecule has 0 bridgehead atoms. The number of carbonyl (C=O) groups is 2. The Bertz CT molecular complexity index is 1360. The van der Waals surface area contributed by atoms with Gasteiger partial charge in [0.2, 0.25) is 5.91 Å². The van der Waals surface area contributed by atoms with Crippen molar-refractivity contribution in [3.63, 3.8) is 0 Å². The van der Waals surface area contributed by atoms with Crippen molar-refractivity contribution in [2.75, 3.05) is 4.90 Å². The summed E-state index contributed by atoms with van der Waals surface area (Å²) < 4.78 is 1.55. The Hall–Kier alpha value is -3.87. The first-order valence-corrected chi connectivity index (χ1v) is 12.7. The number of para-hydroxylation sites is 1. The number of nitrogens with one attached hydrogen (secondary N) is 1. The molecule has 2 N–H and O–H groups in total. The molecule has 1 saturated carbocycles. The molecule has 0 atom stereocenters. The van der Waals surface area contributed by atoms with Crippen LogP contribution in [0.15, 0.2) is 60.8 Å². The van der Waals surface area contributed by atoms with Crippen LogP contribution in [-0.4, -0.2) is 37.8 Å². The molecule has 2 heterocycles. The van der Waals surface area contributed by atoms with Crippen molar-refractivity contribution in [3.05, 3.63) is 66.4 Å². The fraction of sp³-hybridized carbons (Fsp3) is 0.345. The third-order valence-corrected chi connectivity index (χ3v) is 7.25. The first-order chi connectivity index (χ1) is 17.3. The summed E-state index contributed by atoms with van der Waals surface area (Å²) >= 11 is 0. The van der Waals surface area contributed by atoms with E-state index in [0.29, 0.717) is 5.92 Å². The molecule has 5 rings (SSSR count). The number of aromatic amines is 1. The summed E-state index contributed by atoms with van der Waals surface area (Å²) in [4.78, 5) is 30.7. The number of carbonyl (C=O) groups excluding carboxylic acids is 1. The van der Waals surface area contributed by atoms with Gasteiger partial charge in [-0.25, -0.2) is 9.48 Å². The van der Waals surface area contributed by atoms with E-state index in [1.165, 1.54) is 6.20 Å². The van der Waals surface area contributed by atoms with Crippen molar-refractivity contribution in [2.45, 2.75) is 52.5 Å². The normalized spacial score (nSPS) is 18.0. The van der Waals surface area contributed by atoms with E-state index < -0.39 is 5.97 Å². The lowest BCUT2D eigenvalue weighted by molar-refractivity contribution is -0.123. The molecular formula is C29H32N4O3. The molecular weight excluding hydrogens is 452 g/mol. The zero-order valence-corrected chi connectivity index (χ0v) is 20.9. The monoisotopic (exact) mass is 484 g/mol. The lowest BCUT2D eigenvalue weighted by atomic mass is 9.82. The molecule has 1 amide bonds. The smallest absolute Gasteiger partial charge is 0.341 e. The number of hydrogen-bond donors (Lipinski definition) is 2. The minimum absolute atomic E-state index is 0.0286. The van der Waals surface area contributed by atoms with Crippen molar-refractivity contribution < 1.29 is 14.7 Å². The molecule has 0 unspecified atom stereocenters. The third kappa shape index (κ3) is 4.53. The highest BCUT2D eigenvalue weighted by Crippen LogP contribution is 2.33. The van der Waals surface area contributed by atoms with Gasteiger partial charge in [0.1, 0.15) is 5.56 Å². The molecule has 1 fully saturated rings. The number of aromatic nitrogens is 3. The highest BCUT2D eigenvalue weighted by atomic mass is 16.4. The van der Waals surface area contributed by atoms with Crippen molar-refractivity contribution in [2.24, 2.45) is 11.8 Å². The largest absolute Gasteiger partial charge is 0.477 e. The van der Waals surface area contributed by atoms with Crippen molar-refractivity contribution in [3.8, 4) is 16.9 Å². The van der Waals surface area contributed by atoms with E-state index in [9.17, 15) is 14.7 Å². The fourth-order valence-corrected chi connectivity index (χ4v) is 5.16. The standard InChI is InChI=1S/C29H32N4O3/c1-18(2)33(28(34)21-10-8-19(3)9-11-21)27-24(29(35)36)17-32(31-27)23-14-12-20(13-15-23)26-16-22-6-4-5-7-25(22)30-26/h4-7,12-19,21,30H,8-11H2,1-3H3,(H,35,36)/t19-,21-. The highest BCUT2D eigenvalue weighted by molar-refractivity contribution is 6.01. The molecule has 2 aromatic carbocycles. The molecule has 7 nitrogen and oxygen atoms in total. The maximum Gasteiger partial charge on any atom is 0.341 e. The number of carboxylic acids is 1. The maximum absolute atomic E-state index is 13.5. The lowest BCUT2D eigenvalue weighted by Crippen LogP contribution is -2.43. The topological polar surface area (TPSA) is 91.2 Å². The zero-order chi connectivity index (χ0) is 25.4. The minimum Gasteiger partial charge on any atom is -0.477 e. The molecule has 1 aliphatic rings. The van der Waals surface area contributed by atoms with Crippen LogP contribution in [0, 0.1) is 11.8 Å². The summed E-state index contributed by atoms with van der Waals surface area (Å²) in [5.74, 6) is -0.380. The number of aromatic carboxylic acids is 1. The number of hydrogen-bond acceptors (Lipinski definition) is 3. The van der Waals surface area contributed by atoms with Crippen LogP contribution in [-0.2, 0) is 4.79 Å². The number of benzene rings is 2. The van der Waals surface area contributed by atoms with E-state index in [1.54, 1.807) is 9.58 Å². The molecule has 186 valence electrons. The molecule has 2 aromatic heterocycles. The number of amides is 1. The number of H-pyrrole nitrogens is 1. The maximum atomic E-state index is 13.5. The SMILES string of the molecule is CC(C)N(c1nn(-c2ccc(-c3cc4ccccc4[nH]3)cc2)cc1C(=O)O)C(=O)[C@H]1CC[C@H](C)CC1. The Morgan fingerprint density at radius 3 is 2.39 bits per heavy atom. The van der Waals surface area contributed by atoms with Crippen LogP contribution in [0.3, 0.4) is 0 Å². The number of fused-ring (bicyclic) bond motifs is 1. The molecule has 1 aliphatic carbocycles. The zero-order valence-electron chi connectivity index (χ0n) is 20.9. The van der Waals surface area contributed by atoms with Crippen LogP contribution in [0.1, 0.15) is 56.8 Å². The van der Waals surface area contributed by atoms with E-state index in [4.69, 9.17) is 0 Å². The first-order valence-electron chi connectivity index (χ1n) is 12.7. The Balaban J connectivity index is 1.46. The quantitative estimate of drug-likeness (QED) is 0.337. The van der Waals surface area contributed by atoms with Gasteiger partial charge in [-0.3, -0.25) is 9.69 Å². The number of rotatable bonds is 6. The van der Waals surface area contributed by atoms with Crippen LogP contribution < -0.4 is 4.90 Å². The van der Waals surface area contributed by atoms with Gasteiger partial charge in [-0.1, -0.05) is 37.3 Å². The van der Waals surface area contributed by atoms with E-state index in [-0.39, 0.29) is 29.2 Å². The van der Waals surface area contributed by atoms with Gasteiger partial charge >= 0.3 is 5.97 Å². The Morgan fingerprint density at radius 1 is 1.06 bits per heavy atom. The predicted octanol–water partition coefficient (Wildman–Crippen LogP) is 6.29. The van der Waals surface area contributed by atoms with Gasteiger partial charge in [0.15, 0.2) is 5.82 Å². The van der Waals surface area contributed by atoms with Crippen LogP contribution in [0.25, 0.3) is 27.8 Å². The molecule has 0 aliphatic heterocycles. The van der Waals surface area contributed by atoms with Gasteiger partial charge in [0.05, 0.1) is 5.69 Å². The van der Waals surface area contributed by atoms with Gasteiger partial charge in [0.25, 0.3) is 0 Å². The van der Waals surface area contributed by atoms with Gasteiger partial charge in [-0.05, 0) is 75.3 Å². The van der Waals surface area contributed by atoms with E-state index in [2.05, 4.69) is 29.1 Å². The molecule has 0 saturated heterocycles. The molecule has 4 aromatic rings. The van der Waals surface area contributed by atoms with Crippen molar-refractivity contribution in [1.29, 1.82) is 0 Å². The van der Waals surface area contributed by atoms with E-state index >= 15 is 0 Å². The Morgan fingerprint density at radius 2 is 1.75 bits per heavy atom. The average molecular weight is 485 g/mol. The predicted molar refractivity (Wildman–Crippen MR) is 142 cm³/mol. The summed E-state index contributed by atoms with van der Waals surface area (Å²) in [7, 11) is 0. The van der Waals surface area contributed by atoms with E-state index in [1.807, 2.05) is 56.3 Å². The van der Waals surface area contributed by atoms with Gasteiger partial charge in [-0.2, -0.15) is 0 Å². The molecule has 36 heavy (non-hydrogen) atoms. The average Bonchev–Trinajstić information content (AvgIpc) is 3.49. The number of carboxylic acid groups (broad SMARTS) is 1. The summed E-state index contributed by atoms with van der Waals surface area (Å²) in [6.45, 7) is 6.03. The summed E-state index contributed by atoms with van der Waals surface area (Å²) in [6.07, 6.45) is 5.21. The number of anilines is 1. The molecule has 0 spiro atoms. The lowest BCUT2D eigenvalue weighted by Gasteiger charge is -2.32. The second kappa shape index (κ2) is 9.64.